The highest BCUT2D eigenvalue weighted by atomic mass is 32.2. The predicted molar refractivity (Wildman–Crippen MR) is 109 cm³/mol. The third-order valence-electron chi connectivity index (χ3n) is 5.21. The molecule has 2 aliphatic rings. The summed E-state index contributed by atoms with van der Waals surface area (Å²) in [5, 5.41) is 3.02. The maximum atomic E-state index is 13.1. The first-order valence-electron chi connectivity index (χ1n) is 9.48. The van der Waals surface area contributed by atoms with Crippen LogP contribution in [-0.2, 0) is 4.79 Å². The van der Waals surface area contributed by atoms with Gasteiger partial charge in [-0.25, -0.2) is 4.39 Å². The van der Waals surface area contributed by atoms with Crippen molar-refractivity contribution in [3.8, 4) is 0 Å². The Kier molecular flexibility index (Phi) is 5.64. The van der Waals surface area contributed by atoms with Gasteiger partial charge in [0, 0.05) is 36.8 Å². The van der Waals surface area contributed by atoms with Crippen LogP contribution in [0.2, 0.25) is 0 Å². The summed E-state index contributed by atoms with van der Waals surface area (Å²) in [6.07, 6.45) is 1.91. The van der Waals surface area contributed by atoms with Crippen molar-refractivity contribution in [3.63, 3.8) is 0 Å². The summed E-state index contributed by atoms with van der Waals surface area (Å²) in [4.78, 5) is 18.2. The first kappa shape index (κ1) is 18.3. The fourth-order valence-corrected chi connectivity index (χ4v) is 4.82. The molecular formula is C21H24FN3OS. The molecule has 2 heterocycles. The number of anilines is 2. The van der Waals surface area contributed by atoms with E-state index in [9.17, 15) is 9.18 Å². The molecule has 2 aromatic rings. The number of benzene rings is 2. The number of fused-ring (bicyclic) bond motifs is 1. The van der Waals surface area contributed by atoms with E-state index in [1.54, 1.807) is 11.8 Å². The molecule has 1 fully saturated rings. The van der Waals surface area contributed by atoms with Crippen molar-refractivity contribution in [1.29, 1.82) is 0 Å². The Hall–Kier alpha value is -2.05. The van der Waals surface area contributed by atoms with Gasteiger partial charge in [0.1, 0.15) is 5.82 Å². The summed E-state index contributed by atoms with van der Waals surface area (Å²) < 4.78 is 13.1. The van der Waals surface area contributed by atoms with Crippen LogP contribution in [0.5, 0.6) is 0 Å². The highest BCUT2D eigenvalue weighted by Gasteiger charge is 2.26. The van der Waals surface area contributed by atoms with Gasteiger partial charge in [0.15, 0.2) is 0 Å². The van der Waals surface area contributed by atoms with Gasteiger partial charge in [-0.05, 0) is 55.8 Å². The monoisotopic (exact) mass is 385 g/mol. The van der Waals surface area contributed by atoms with Crippen LogP contribution in [0.25, 0.3) is 0 Å². The number of nitrogens with one attached hydrogen (secondary N) is 1. The zero-order valence-corrected chi connectivity index (χ0v) is 16.1. The van der Waals surface area contributed by atoms with E-state index in [0.717, 1.165) is 61.8 Å². The molecule has 0 aromatic heterocycles. The number of piperazine rings is 1. The number of halogens is 1. The maximum Gasteiger partial charge on any atom is 0.237 e. The zero-order chi connectivity index (χ0) is 18.6. The lowest BCUT2D eigenvalue weighted by Crippen LogP contribution is -2.46. The highest BCUT2D eigenvalue weighted by Crippen LogP contribution is 2.37. The van der Waals surface area contributed by atoms with Gasteiger partial charge in [-0.3, -0.25) is 9.69 Å². The Morgan fingerprint density at radius 3 is 2.56 bits per heavy atom. The molecule has 4 rings (SSSR count). The van der Waals surface area contributed by atoms with E-state index >= 15 is 0 Å². The van der Waals surface area contributed by atoms with Crippen molar-refractivity contribution in [2.24, 2.45) is 0 Å². The average molecular weight is 386 g/mol. The van der Waals surface area contributed by atoms with Gasteiger partial charge in [0.05, 0.1) is 10.9 Å². The second kappa shape index (κ2) is 8.31. The number of hydrogen-bond acceptors (Lipinski definition) is 4. The van der Waals surface area contributed by atoms with Gasteiger partial charge in [-0.2, -0.15) is 0 Å². The molecule has 0 saturated carbocycles. The minimum Gasteiger partial charge on any atom is -0.369 e. The van der Waals surface area contributed by atoms with Crippen LogP contribution < -0.4 is 10.2 Å². The number of nitrogens with zero attached hydrogens (tertiary/aromatic N) is 2. The Labute approximate surface area is 163 Å². The van der Waals surface area contributed by atoms with Crippen LogP contribution in [0, 0.1) is 5.82 Å². The second-order valence-electron chi connectivity index (χ2n) is 7.04. The van der Waals surface area contributed by atoms with Crippen molar-refractivity contribution in [3.05, 3.63) is 54.3 Å². The number of carbonyl (C=O) groups excluding carboxylic acids is 1. The first-order chi connectivity index (χ1) is 13.2. The van der Waals surface area contributed by atoms with Gasteiger partial charge >= 0.3 is 0 Å². The number of para-hydroxylation sites is 1. The molecule has 2 aromatic carbocycles. The molecule has 142 valence electrons. The molecule has 0 radical (unpaired) electrons. The van der Waals surface area contributed by atoms with Gasteiger partial charge in [0.2, 0.25) is 5.91 Å². The number of thioether (sulfide) groups is 1. The average Bonchev–Trinajstić information content (AvgIpc) is 2.69. The SMILES string of the molecule is O=C1Nc2ccccc2SC1CCCN1CCN(c2ccc(F)cc2)CC1. The molecule has 1 atom stereocenters. The van der Waals surface area contributed by atoms with Crippen LogP contribution in [0.4, 0.5) is 15.8 Å². The van der Waals surface area contributed by atoms with Crippen molar-refractivity contribution in [2.75, 3.05) is 42.9 Å². The fraction of sp³-hybridized carbons (Fsp3) is 0.381. The predicted octanol–water partition coefficient (Wildman–Crippen LogP) is 3.84. The Morgan fingerprint density at radius 2 is 1.78 bits per heavy atom. The zero-order valence-electron chi connectivity index (χ0n) is 15.2. The number of amides is 1. The van der Waals surface area contributed by atoms with Crippen LogP contribution >= 0.6 is 11.8 Å². The minimum atomic E-state index is -0.190. The lowest BCUT2D eigenvalue weighted by Gasteiger charge is -2.36. The van der Waals surface area contributed by atoms with Gasteiger partial charge in [0.25, 0.3) is 0 Å². The minimum absolute atomic E-state index is 0.000374. The van der Waals surface area contributed by atoms with Gasteiger partial charge < -0.3 is 10.2 Å². The molecule has 27 heavy (non-hydrogen) atoms. The van der Waals surface area contributed by atoms with Crippen molar-refractivity contribution >= 4 is 29.0 Å². The molecule has 6 heteroatoms. The summed E-state index contributed by atoms with van der Waals surface area (Å²) in [5.74, 6) is -0.0653. The van der Waals surface area contributed by atoms with E-state index in [-0.39, 0.29) is 17.0 Å². The lowest BCUT2D eigenvalue weighted by molar-refractivity contribution is -0.115. The molecule has 1 amide bonds. The summed E-state index contributed by atoms with van der Waals surface area (Å²) in [5.41, 5.74) is 2.02. The third kappa shape index (κ3) is 4.45. The molecule has 1 unspecified atom stereocenters. The third-order valence-corrected chi connectivity index (χ3v) is 6.56. The smallest absolute Gasteiger partial charge is 0.237 e. The highest BCUT2D eigenvalue weighted by molar-refractivity contribution is 8.01. The molecule has 0 aliphatic carbocycles. The van der Waals surface area contributed by atoms with Gasteiger partial charge in [-0.1, -0.05) is 12.1 Å². The van der Waals surface area contributed by atoms with Crippen molar-refractivity contribution in [1.82, 2.24) is 4.90 Å². The van der Waals surface area contributed by atoms with E-state index in [2.05, 4.69) is 21.2 Å². The summed E-state index contributed by atoms with van der Waals surface area (Å²) >= 11 is 1.68. The molecule has 4 nitrogen and oxygen atoms in total. The van der Waals surface area contributed by atoms with Gasteiger partial charge in [-0.15, -0.1) is 11.8 Å². The van der Waals surface area contributed by atoms with Crippen LogP contribution in [0.1, 0.15) is 12.8 Å². The molecule has 0 spiro atoms. The quantitative estimate of drug-likeness (QED) is 0.848. The van der Waals surface area contributed by atoms with E-state index in [1.165, 1.54) is 12.1 Å². The Morgan fingerprint density at radius 1 is 1.04 bits per heavy atom. The summed E-state index contributed by atoms with van der Waals surface area (Å²) in [6, 6.07) is 14.7. The Bertz CT molecular complexity index is 790. The van der Waals surface area contributed by atoms with Crippen LogP contribution in [0.15, 0.2) is 53.4 Å². The standard InChI is InChI=1S/C21H24FN3OS/c22-16-7-9-17(10-8-16)25-14-12-24(13-15-25)11-3-6-20-21(26)23-18-4-1-2-5-19(18)27-20/h1-2,4-5,7-10,20H,3,6,11-15H2,(H,23,26). The van der Waals surface area contributed by atoms with Crippen LogP contribution in [-0.4, -0.2) is 48.8 Å². The van der Waals surface area contributed by atoms with E-state index in [0.29, 0.717) is 0 Å². The number of rotatable bonds is 5. The molecular weight excluding hydrogens is 361 g/mol. The fourth-order valence-electron chi connectivity index (χ4n) is 3.66. The summed E-state index contributed by atoms with van der Waals surface area (Å²) in [7, 11) is 0. The maximum absolute atomic E-state index is 13.1. The molecule has 1 N–H and O–H groups in total. The summed E-state index contributed by atoms with van der Waals surface area (Å²) in [6.45, 7) is 4.94. The second-order valence-corrected chi connectivity index (χ2v) is 8.28. The lowest BCUT2D eigenvalue weighted by atomic mass is 10.2. The largest absolute Gasteiger partial charge is 0.369 e. The topological polar surface area (TPSA) is 35.6 Å². The molecule has 2 aliphatic heterocycles. The Balaban J connectivity index is 1.22. The van der Waals surface area contributed by atoms with E-state index in [1.807, 2.05) is 30.3 Å². The first-order valence-corrected chi connectivity index (χ1v) is 10.4. The van der Waals surface area contributed by atoms with E-state index in [4.69, 9.17) is 0 Å². The van der Waals surface area contributed by atoms with Crippen molar-refractivity contribution < 1.29 is 9.18 Å². The van der Waals surface area contributed by atoms with Crippen LogP contribution in [0.3, 0.4) is 0 Å². The van der Waals surface area contributed by atoms with E-state index < -0.39 is 0 Å². The number of carbonyl (C=O) groups is 1. The number of hydrogen-bond donors (Lipinski definition) is 1. The molecule has 1 saturated heterocycles. The van der Waals surface area contributed by atoms with Crippen molar-refractivity contribution in [2.45, 2.75) is 23.0 Å². The normalized spacial score (nSPS) is 20.3. The molecule has 0 bridgehead atoms.